The standard InChI is InChI=1S/C20H28N2O4/c23-20(17-4-5-18-19(13-17)26-10-2-9-25-18)22-6-1-3-16(15-22)14-21-7-11-24-12-8-21/h4-5,13,16H,1-3,6-12,14-15H2. The van der Waals surface area contributed by atoms with Crippen LogP contribution >= 0.6 is 0 Å². The summed E-state index contributed by atoms with van der Waals surface area (Å²) in [6, 6.07) is 5.57. The van der Waals surface area contributed by atoms with Crippen LogP contribution in [0.1, 0.15) is 29.6 Å². The Balaban J connectivity index is 1.40. The molecule has 3 aliphatic rings. The van der Waals surface area contributed by atoms with Gasteiger partial charge in [-0.05, 0) is 37.0 Å². The highest BCUT2D eigenvalue weighted by Crippen LogP contribution is 2.31. The monoisotopic (exact) mass is 360 g/mol. The molecule has 1 unspecified atom stereocenters. The number of nitrogens with zero attached hydrogens (tertiary/aromatic N) is 2. The highest BCUT2D eigenvalue weighted by Gasteiger charge is 2.27. The normalized spacial score (nSPS) is 24.2. The summed E-state index contributed by atoms with van der Waals surface area (Å²) in [7, 11) is 0. The predicted molar refractivity (Wildman–Crippen MR) is 97.9 cm³/mol. The second-order valence-corrected chi connectivity index (χ2v) is 7.38. The van der Waals surface area contributed by atoms with E-state index < -0.39 is 0 Å². The molecule has 142 valence electrons. The van der Waals surface area contributed by atoms with Crippen molar-refractivity contribution in [3.8, 4) is 11.5 Å². The fourth-order valence-electron chi connectivity index (χ4n) is 4.03. The van der Waals surface area contributed by atoms with E-state index in [9.17, 15) is 4.79 Å². The molecule has 2 fully saturated rings. The van der Waals surface area contributed by atoms with E-state index in [2.05, 4.69) is 4.90 Å². The molecule has 0 radical (unpaired) electrons. The molecule has 3 heterocycles. The third-order valence-electron chi connectivity index (χ3n) is 5.42. The van der Waals surface area contributed by atoms with E-state index in [1.165, 1.54) is 6.42 Å². The van der Waals surface area contributed by atoms with Crippen molar-refractivity contribution in [3.05, 3.63) is 23.8 Å². The number of piperidine rings is 1. The SMILES string of the molecule is O=C(c1ccc2c(c1)OCCCO2)N1CCCC(CN2CCOCC2)C1. The molecule has 0 bridgehead atoms. The van der Waals surface area contributed by atoms with Gasteiger partial charge in [-0.3, -0.25) is 9.69 Å². The van der Waals surface area contributed by atoms with Crippen molar-refractivity contribution in [2.24, 2.45) is 5.92 Å². The highest BCUT2D eigenvalue weighted by molar-refractivity contribution is 5.95. The smallest absolute Gasteiger partial charge is 0.254 e. The Morgan fingerprint density at radius 3 is 2.65 bits per heavy atom. The van der Waals surface area contributed by atoms with Gasteiger partial charge in [-0.1, -0.05) is 0 Å². The average Bonchev–Trinajstić information content (AvgIpc) is 2.93. The first-order chi connectivity index (χ1) is 12.8. The van der Waals surface area contributed by atoms with Gasteiger partial charge >= 0.3 is 0 Å². The lowest BCUT2D eigenvalue weighted by molar-refractivity contribution is 0.0224. The van der Waals surface area contributed by atoms with Crippen LogP contribution in [-0.2, 0) is 4.74 Å². The van der Waals surface area contributed by atoms with Crippen molar-refractivity contribution in [3.63, 3.8) is 0 Å². The van der Waals surface area contributed by atoms with E-state index in [0.717, 1.165) is 64.5 Å². The van der Waals surface area contributed by atoms with E-state index in [1.807, 2.05) is 23.1 Å². The van der Waals surface area contributed by atoms with Gasteiger partial charge in [0.1, 0.15) is 0 Å². The molecule has 1 atom stereocenters. The first-order valence-electron chi connectivity index (χ1n) is 9.78. The summed E-state index contributed by atoms with van der Waals surface area (Å²) in [6.07, 6.45) is 3.14. The summed E-state index contributed by atoms with van der Waals surface area (Å²) < 4.78 is 16.8. The number of benzene rings is 1. The number of hydrogen-bond donors (Lipinski definition) is 0. The zero-order valence-electron chi connectivity index (χ0n) is 15.3. The predicted octanol–water partition coefficient (Wildman–Crippen LogP) is 2.03. The molecule has 0 aromatic heterocycles. The number of amides is 1. The van der Waals surface area contributed by atoms with Gasteiger partial charge in [0.15, 0.2) is 11.5 Å². The zero-order valence-corrected chi connectivity index (χ0v) is 15.3. The Labute approximate surface area is 155 Å². The quantitative estimate of drug-likeness (QED) is 0.826. The molecule has 1 amide bonds. The Hall–Kier alpha value is -1.79. The lowest BCUT2D eigenvalue weighted by Gasteiger charge is -2.36. The summed E-state index contributed by atoms with van der Waals surface area (Å²) in [4.78, 5) is 17.5. The molecule has 0 spiro atoms. The van der Waals surface area contributed by atoms with Crippen LogP contribution in [0.5, 0.6) is 11.5 Å². The van der Waals surface area contributed by atoms with Crippen LogP contribution in [-0.4, -0.2) is 74.9 Å². The molecule has 26 heavy (non-hydrogen) atoms. The molecular weight excluding hydrogens is 332 g/mol. The van der Waals surface area contributed by atoms with Crippen molar-refractivity contribution in [2.45, 2.75) is 19.3 Å². The summed E-state index contributed by atoms with van der Waals surface area (Å²) in [6.45, 7) is 7.70. The van der Waals surface area contributed by atoms with Crippen LogP contribution in [0.3, 0.4) is 0 Å². The van der Waals surface area contributed by atoms with Crippen molar-refractivity contribution in [1.82, 2.24) is 9.80 Å². The van der Waals surface area contributed by atoms with Gasteiger partial charge in [0.25, 0.3) is 5.91 Å². The van der Waals surface area contributed by atoms with Gasteiger partial charge in [-0.2, -0.15) is 0 Å². The molecule has 4 rings (SSSR count). The molecular formula is C20H28N2O4. The Bertz CT molecular complexity index is 630. The molecule has 6 heteroatoms. The number of fused-ring (bicyclic) bond motifs is 1. The van der Waals surface area contributed by atoms with Crippen LogP contribution in [0.25, 0.3) is 0 Å². The van der Waals surface area contributed by atoms with Gasteiger partial charge < -0.3 is 19.1 Å². The summed E-state index contributed by atoms with van der Waals surface area (Å²) in [5.74, 6) is 2.08. The summed E-state index contributed by atoms with van der Waals surface area (Å²) in [5.41, 5.74) is 0.696. The van der Waals surface area contributed by atoms with Crippen molar-refractivity contribution in [1.29, 1.82) is 0 Å². The second-order valence-electron chi connectivity index (χ2n) is 7.38. The second kappa shape index (κ2) is 8.27. The number of likely N-dealkylation sites (tertiary alicyclic amines) is 1. The molecule has 6 nitrogen and oxygen atoms in total. The fourth-order valence-corrected chi connectivity index (χ4v) is 4.03. The van der Waals surface area contributed by atoms with Crippen molar-refractivity contribution in [2.75, 3.05) is 59.2 Å². The lowest BCUT2D eigenvalue weighted by Crippen LogP contribution is -2.46. The highest BCUT2D eigenvalue weighted by atomic mass is 16.5. The number of carbonyl (C=O) groups is 1. The molecule has 0 N–H and O–H groups in total. The van der Waals surface area contributed by atoms with E-state index in [4.69, 9.17) is 14.2 Å². The van der Waals surface area contributed by atoms with E-state index in [-0.39, 0.29) is 5.91 Å². The average molecular weight is 360 g/mol. The number of hydrogen-bond acceptors (Lipinski definition) is 5. The molecule has 1 aromatic rings. The van der Waals surface area contributed by atoms with Gasteiger partial charge in [0.05, 0.1) is 26.4 Å². The third kappa shape index (κ3) is 4.13. The molecule has 2 saturated heterocycles. The first-order valence-corrected chi connectivity index (χ1v) is 9.78. The Morgan fingerprint density at radius 2 is 1.81 bits per heavy atom. The van der Waals surface area contributed by atoms with Crippen LogP contribution in [0.15, 0.2) is 18.2 Å². The van der Waals surface area contributed by atoms with Gasteiger partial charge in [0, 0.05) is 44.7 Å². The first kappa shape index (κ1) is 17.6. The topological polar surface area (TPSA) is 51.2 Å². The Kier molecular flexibility index (Phi) is 5.60. The van der Waals surface area contributed by atoms with E-state index in [0.29, 0.717) is 30.4 Å². The van der Waals surface area contributed by atoms with Crippen molar-refractivity contribution < 1.29 is 19.0 Å². The minimum Gasteiger partial charge on any atom is -0.490 e. The maximum atomic E-state index is 13.0. The lowest BCUT2D eigenvalue weighted by atomic mass is 9.96. The largest absolute Gasteiger partial charge is 0.490 e. The Morgan fingerprint density at radius 1 is 1.00 bits per heavy atom. The van der Waals surface area contributed by atoms with Crippen molar-refractivity contribution >= 4 is 5.91 Å². The summed E-state index contributed by atoms with van der Waals surface area (Å²) >= 11 is 0. The van der Waals surface area contributed by atoms with E-state index >= 15 is 0 Å². The molecule has 0 saturated carbocycles. The minimum absolute atomic E-state index is 0.104. The number of carbonyl (C=O) groups excluding carboxylic acids is 1. The third-order valence-corrected chi connectivity index (χ3v) is 5.42. The van der Waals surface area contributed by atoms with Gasteiger partial charge in [0.2, 0.25) is 0 Å². The molecule has 1 aromatic carbocycles. The molecule has 0 aliphatic carbocycles. The van der Waals surface area contributed by atoms with Crippen LogP contribution in [0, 0.1) is 5.92 Å². The minimum atomic E-state index is 0.104. The van der Waals surface area contributed by atoms with Crippen LogP contribution < -0.4 is 9.47 Å². The van der Waals surface area contributed by atoms with Crippen LogP contribution in [0.4, 0.5) is 0 Å². The number of rotatable bonds is 3. The van der Waals surface area contributed by atoms with Crippen LogP contribution in [0.2, 0.25) is 0 Å². The van der Waals surface area contributed by atoms with E-state index in [1.54, 1.807) is 0 Å². The van der Waals surface area contributed by atoms with Gasteiger partial charge in [-0.25, -0.2) is 0 Å². The maximum absolute atomic E-state index is 13.0. The zero-order chi connectivity index (χ0) is 17.8. The fraction of sp³-hybridized carbons (Fsp3) is 0.650. The summed E-state index contributed by atoms with van der Waals surface area (Å²) in [5, 5.41) is 0. The van der Waals surface area contributed by atoms with Gasteiger partial charge in [-0.15, -0.1) is 0 Å². The number of ether oxygens (including phenoxy) is 3. The molecule has 3 aliphatic heterocycles. The maximum Gasteiger partial charge on any atom is 0.254 e. The number of morpholine rings is 1.